The van der Waals surface area contributed by atoms with Gasteiger partial charge in [0, 0.05) is 12.0 Å². The third kappa shape index (κ3) is 2.45. The molecule has 1 aromatic heterocycles. The lowest BCUT2D eigenvalue weighted by Crippen LogP contribution is -2.23. The van der Waals surface area contributed by atoms with Crippen LogP contribution in [0.3, 0.4) is 0 Å². The summed E-state index contributed by atoms with van der Waals surface area (Å²) < 4.78 is 1.02. The number of anilines is 1. The van der Waals surface area contributed by atoms with Crippen LogP contribution in [0.2, 0.25) is 5.02 Å². The zero-order chi connectivity index (χ0) is 13.4. The fourth-order valence-electron chi connectivity index (χ4n) is 2.51. The van der Waals surface area contributed by atoms with Crippen LogP contribution in [-0.2, 0) is 4.79 Å². The third-order valence-corrected chi connectivity index (χ3v) is 4.65. The summed E-state index contributed by atoms with van der Waals surface area (Å²) in [5.41, 5.74) is 8.97. The number of fused-ring (bicyclic) bond motifs is 1. The first-order valence-corrected chi connectivity index (χ1v) is 7.49. The smallest absolute Gasteiger partial charge is 0.227 e. The number of hydrogen-bond acceptors (Lipinski definition) is 4. The van der Waals surface area contributed by atoms with E-state index in [1.54, 1.807) is 11.6 Å². The zero-order valence-electron chi connectivity index (χ0n) is 10.2. The van der Waals surface area contributed by atoms with E-state index in [2.05, 4.69) is 10.3 Å². The lowest BCUT2D eigenvalue weighted by Gasteiger charge is -2.12. The molecule has 2 aromatic rings. The number of rotatable bonds is 2. The Morgan fingerprint density at radius 2 is 2.32 bits per heavy atom. The molecular weight excluding hydrogens is 282 g/mol. The van der Waals surface area contributed by atoms with Crippen LogP contribution in [0.15, 0.2) is 17.6 Å². The van der Waals surface area contributed by atoms with Crippen molar-refractivity contribution in [2.75, 3.05) is 5.32 Å². The second-order valence-electron chi connectivity index (χ2n) is 4.88. The van der Waals surface area contributed by atoms with Gasteiger partial charge in [0.2, 0.25) is 5.91 Å². The van der Waals surface area contributed by atoms with Crippen LogP contribution >= 0.6 is 22.9 Å². The molecule has 1 saturated carbocycles. The van der Waals surface area contributed by atoms with E-state index in [9.17, 15) is 4.79 Å². The van der Waals surface area contributed by atoms with Crippen molar-refractivity contribution in [1.82, 2.24) is 4.98 Å². The van der Waals surface area contributed by atoms with Crippen molar-refractivity contribution in [3.05, 3.63) is 22.7 Å². The molecule has 2 unspecified atom stereocenters. The number of halogens is 1. The molecule has 1 amide bonds. The Labute approximate surface area is 120 Å². The highest BCUT2D eigenvalue weighted by Crippen LogP contribution is 2.33. The first-order valence-electron chi connectivity index (χ1n) is 6.23. The van der Waals surface area contributed by atoms with E-state index in [1.807, 2.05) is 6.07 Å². The van der Waals surface area contributed by atoms with Crippen molar-refractivity contribution in [3.8, 4) is 0 Å². The lowest BCUT2D eigenvalue weighted by molar-refractivity contribution is -0.119. The minimum atomic E-state index is -0.0139. The summed E-state index contributed by atoms with van der Waals surface area (Å²) in [5, 5.41) is 3.44. The Balaban J connectivity index is 1.86. The van der Waals surface area contributed by atoms with Gasteiger partial charge in [-0.2, -0.15) is 0 Å². The molecule has 1 aromatic carbocycles. The molecule has 3 rings (SSSR count). The van der Waals surface area contributed by atoms with Gasteiger partial charge in [-0.25, -0.2) is 4.98 Å². The number of aromatic nitrogens is 1. The number of thiazole rings is 1. The molecule has 1 aliphatic carbocycles. The number of nitrogens with zero attached hydrogens (tertiary/aromatic N) is 1. The van der Waals surface area contributed by atoms with Crippen LogP contribution in [0.4, 0.5) is 5.69 Å². The Morgan fingerprint density at radius 3 is 3.05 bits per heavy atom. The van der Waals surface area contributed by atoms with Crippen molar-refractivity contribution >= 4 is 44.7 Å². The van der Waals surface area contributed by atoms with Crippen molar-refractivity contribution in [3.63, 3.8) is 0 Å². The maximum absolute atomic E-state index is 12.2. The van der Waals surface area contributed by atoms with Gasteiger partial charge < -0.3 is 11.1 Å². The van der Waals surface area contributed by atoms with Crippen LogP contribution in [0.5, 0.6) is 0 Å². The van der Waals surface area contributed by atoms with Gasteiger partial charge in [0.25, 0.3) is 0 Å². The molecule has 0 saturated heterocycles. The van der Waals surface area contributed by atoms with Crippen LogP contribution in [0, 0.1) is 5.92 Å². The summed E-state index contributed by atoms with van der Waals surface area (Å²) >= 11 is 7.69. The molecule has 0 bridgehead atoms. The number of amides is 1. The predicted molar refractivity (Wildman–Crippen MR) is 78.6 cm³/mol. The van der Waals surface area contributed by atoms with Gasteiger partial charge in [-0.3, -0.25) is 4.79 Å². The zero-order valence-corrected chi connectivity index (χ0v) is 11.8. The van der Waals surface area contributed by atoms with Gasteiger partial charge >= 0.3 is 0 Å². The molecule has 19 heavy (non-hydrogen) atoms. The van der Waals surface area contributed by atoms with E-state index in [1.165, 1.54) is 11.3 Å². The molecule has 0 aliphatic heterocycles. The second kappa shape index (κ2) is 5.07. The maximum atomic E-state index is 12.2. The summed E-state index contributed by atoms with van der Waals surface area (Å²) in [7, 11) is 0. The molecule has 4 nitrogen and oxygen atoms in total. The first-order chi connectivity index (χ1) is 9.15. The van der Waals surface area contributed by atoms with Gasteiger partial charge in [-0.1, -0.05) is 11.6 Å². The minimum absolute atomic E-state index is 0.00431. The average Bonchev–Trinajstić information content (AvgIpc) is 3.01. The summed E-state index contributed by atoms with van der Waals surface area (Å²) in [6, 6.07) is 3.84. The predicted octanol–water partition coefficient (Wildman–Crippen LogP) is 3.02. The van der Waals surface area contributed by atoms with Crippen molar-refractivity contribution in [1.29, 1.82) is 0 Å². The standard InChI is InChI=1S/C13H14ClN3OS/c14-9-3-4-10-12(16-6-19-10)11(9)17-13(18)7-1-2-8(15)5-7/h3-4,6-8H,1-2,5,15H2,(H,17,18). The minimum Gasteiger partial charge on any atom is -0.328 e. The number of hydrogen-bond donors (Lipinski definition) is 2. The van der Waals surface area contributed by atoms with E-state index in [-0.39, 0.29) is 17.9 Å². The number of nitrogens with one attached hydrogen (secondary N) is 1. The molecule has 6 heteroatoms. The Kier molecular flexibility index (Phi) is 3.43. The topological polar surface area (TPSA) is 68.0 Å². The molecule has 1 fully saturated rings. The molecule has 0 spiro atoms. The third-order valence-electron chi connectivity index (χ3n) is 3.54. The quantitative estimate of drug-likeness (QED) is 0.895. The normalized spacial score (nSPS) is 22.8. The summed E-state index contributed by atoms with van der Waals surface area (Å²) in [6.45, 7) is 0. The van der Waals surface area contributed by atoms with Gasteiger partial charge in [0.05, 0.1) is 20.9 Å². The Bertz CT molecular complexity index is 627. The van der Waals surface area contributed by atoms with Crippen LogP contribution in [0.25, 0.3) is 10.2 Å². The first kappa shape index (κ1) is 12.8. The van der Waals surface area contributed by atoms with Gasteiger partial charge in [-0.05, 0) is 31.4 Å². The lowest BCUT2D eigenvalue weighted by atomic mass is 10.1. The summed E-state index contributed by atoms with van der Waals surface area (Å²) in [5.74, 6) is -0.0182. The van der Waals surface area contributed by atoms with Crippen LogP contribution in [-0.4, -0.2) is 16.9 Å². The van der Waals surface area contributed by atoms with Crippen molar-refractivity contribution in [2.45, 2.75) is 25.3 Å². The van der Waals surface area contributed by atoms with Gasteiger partial charge in [0.15, 0.2) is 0 Å². The van der Waals surface area contributed by atoms with Crippen LogP contribution in [0.1, 0.15) is 19.3 Å². The Morgan fingerprint density at radius 1 is 1.47 bits per heavy atom. The van der Waals surface area contributed by atoms with Crippen LogP contribution < -0.4 is 11.1 Å². The highest BCUT2D eigenvalue weighted by Gasteiger charge is 2.28. The highest BCUT2D eigenvalue weighted by atomic mass is 35.5. The van der Waals surface area contributed by atoms with E-state index in [0.717, 1.165) is 29.5 Å². The Hall–Kier alpha value is -1.17. The van der Waals surface area contributed by atoms with E-state index in [4.69, 9.17) is 17.3 Å². The number of nitrogens with two attached hydrogens (primary N) is 1. The molecule has 100 valence electrons. The van der Waals surface area contributed by atoms with E-state index < -0.39 is 0 Å². The number of carbonyl (C=O) groups excluding carboxylic acids is 1. The van der Waals surface area contributed by atoms with E-state index in [0.29, 0.717) is 10.7 Å². The largest absolute Gasteiger partial charge is 0.328 e. The molecule has 0 radical (unpaired) electrons. The van der Waals surface area contributed by atoms with Crippen molar-refractivity contribution < 1.29 is 4.79 Å². The average molecular weight is 296 g/mol. The monoisotopic (exact) mass is 295 g/mol. The molecule has 2 atom stereocenters. The van der Waals surface area contributed by atoms with Gasteiger partial charge in [-0.15, -0.1) is 11.3 Å². The number of carbonyl (C=O) groups is 1. The fourth-order valence-corrected chi connectivity index (χ4v) is 3.39. The number of benzene rings is 1. The maximum Gasteiger partial charge on any atom is 0.227 e. The molecule has 3 N–H and O–H groups in total. The van der Waals surface area contributed by atoms with Crippen molar-refractivity contribution in [2.24, 2.45) is 11.7 Å². The van der Waals surface area contributed by atoms with E-state index >= 15 is 0 Å². The second-order valence-corrected chi connectivity index (χ2v) is 6.17. The summed E-state index contributed by atoms with van der Waals surface area (Å²) in [4.78, 5) is 16.5. The summed E-state index contributed by atoms with van der Waals surface area (Å²) in [6.07, 6.45) is 2.50. The molecule has 1 aliphatic rings. The fraction of sp³-hybridized carbons (Fsp3) is 0.385. The molecule has 1 heterocycles. The van der Waals surface area contributed by atoms with Gasteiger partial charge in [0.1, 0.15) is 5.52 Å². The molecular formula is C13H14ClN3OS. The SMILES string of the molecule is NC1CCC(C(=O)Nc2c(Cl)ccc3scnc23)C1. The highest BCUT2D eigenvalue weighted by molar-refractivity contribution is 7.16.